The van der Waals surface area contributed by atoms with Crippen molar-refractivity contribution in [2.45, 2.75) is 44.9 Å². The Morgan fingerprint density at radius 3 is 2.88 bits per heavy atom. The molecule has 0 saturated carbocycles. The second kappa shape index (κ2) is 8.85. The third kappa shape index (κ3) is 4.51. The van der Waals surface area contributed by atoms with E-state index in [1.807, 2.05) is 38.1 Å². The Morgan fingerprint density at radius 2 is 2.19 bits per heavy atom. The van der Waals surface area contributed by atoms with Gasteiger partial charge in [-0.3, -0.25) is 0 Å². The minimum absolute atomic E-state index is 0.181. The normalized spacial score (nSPS) is 18.8. The van der Waals surface area contributed by atoms with Crippen LogP contribution in [-0.4, -0.2) is 61.0 Å². The van der Waals surface area contributed by atoms with E-state index in [-0.39, 0.29) is 25.0 Å². The summed E-state index contributed by atoms with van der Waals surface area (Å²) in [5.74, 6) is 0.918. The summed E-state index contributed by atoms with van der Waals surface area (Å²) in [5.41, 5.74) is 9.09. The van der Waals surface area contributed by atoms with Gasteiger partial charge in [-0.15, -0.1) is 0 Å². The van der Waals surface area contributed by atoms with E-state index >= 15 is 0 Å². The summed E-state index contributed by atoms with van der Waals surface area (Å²) in [6, 6.07) is 6.94. The number of piperidine rings is 1. The van der Waals surface area contributed by atoms with Gasteiger partial charge in [0.05, 0.1) is 18.8 Å². The Hall–Kier alpha value is -3.63. The minimum Gasteiger partial charge on any atom is -0.465 e. The van der Waals surface area contributed by atoms with E-state index < -0.39 is 18.3 Å². The lowest BCUT2D eigenvalue weighted by Gasteiger charge is -2.33. The molecule has 0 radical (unpaired) electrons. The Kier molecular flexibility index (Phi) is 5.97. The van der Waals surface area contributed by atoms with Gasteiger partial charge in [0.1, 0.15) is 6.17 Å². The second-order valence-corrected chi connectivity index (χ2v) is 8.24. The first kappa shape index (κ1) is 21.6. The average Bonchev–Trinajstić information content (AvgIpc) is 3.18. The smallest absolute Gasteiger partial charge is 0.407 e. The monoisotopic (exact) mass is 442 g/mol. The van der Waals surface area contributed by atoms with Gasteiger partial charge in [-0.1, -0.05) is 26.0 Å². The number of nitrogen functional groups attached to an aromatic ring is 1. The maximum Gasteiger partial charge on any atom is 0.407 e. The Morgan fingerprint density at radius 1 is 1.38 bits per heavy atom. The van der Waals surface area contributed by atoms with Crippen molar-refractivity contribution in [1.29, 1.82) is 0 Å². The van der Waals surface area contributed by atoms with E-state index in [0.717, 1.165) is 16.0 Å². The lowest BCUT2D eigenvalue weighted by Crippen LogP contribution is -2.49. The summed E-state index contributed by atoms with van der Waals surface area (Å²) >= 11 is 0. The fourth-order valence-corrected chi connectivity index (χ4v) is 3.77. The molecule has 1 aliphatic rings. The van der Waals surface area contributed by atoms with Crippen molar-refractivity contribution < 1.29 is 14.3 Å². The molecule has 1 aliphatic heterocycles. The van der Waals surface area contributed by atoms with Crippen molar-refractivity contribution in [2.75, 3.05) is 29.5 Å². The summed E-state index contributed by atoms with van der Waals surface area (Å²) in [5, 5.41) is 19.9. The highest BCUT2D eigenvalue weighted by Crippen LogP contribution is 2.24. The van der Waals surface area contributed by atoms with Gasteiger partial charge in [0.2, 0.25) is 11.9 Å². The number of nitrogens with zero attached hydrogens (tertiary/aromatic N) is 5. The van der Waals surface area contributed by atoms with E-state index in [1.54, 1.807) is 10.7 Å². The van der Waals surface area contributed by atoms with Crippen molar-refractivity contribution in [3.8, 4) is 0 Å². The van der Waals surface area contributed by atoms with Gasteiger partial charge >= 0.3 is 6.09 Å². The zero-order valence-corrected chi connectivity index (χ0v) is 18.0. The summed E-state index contributed by atoms with van der Waals surface area (Å²) in [4.78, 5) is 21.3. The molecule has 32 heavy (non-hydrogen) atoms. The molecule has 3 aromatic rings. The zero-order valence-electron chi connectivity index (χ0n) is 18.0. The predicted octanol–water partition coefficient (Wildman–Crippen LogP) is 2.94. The number of rotatable bonds is 6. The lowest BCUT2D eigenvalue weighted by molar-refractivity contribution is 0.101. The van der Waals surface area contributed by atoms with Crippen molar-refractivity contribution in [2.24, 2.45) is 0 Å². The number of alkyl halides is 1. The number of nitrogens with one attached hydrogen (secondary N) is 2. The van der Waals surface area contributed by atoms with Gasteiger partial charge < -0.3 is 26.4 Å². The number of anilines is 3. The van der Waals surface area contributed by atoms with Crippen LogP contribution in [0.5, 0.6) is 0 Å². The standard InChI is InChI=1S/C21H27FN8O2/c1-12(2)15-10-25-30-18(15)27-19(26-17-6-7-29(21(31)32)11-16(17)22)28-20(30)24-9-13-4-3-5-14(23)8-13/h3-5,8,10,12,16-17H,6-7,9,11,23H2,1-2H3,(H,31,32)(H2,24,26,27,28)/t16-,17-/m1/s1. The van der Waals surface area contributed by atoms with Crippen molar-refractivity contribution >= 4 is 29.3 Å². The number of fused-ring (bicyclic) bond motifs is 1. The van der Waals surface area contributed by atoms with Gasteiger partial charge in [-0.05, 0) is 30.0 Å². The molecular formula is C21H27FN8O2. The van der Waals surface area contributed by atoms with Gasteiger partial charge in [-0.2, -0.15) is 19.6 Å². The van der Waals surface area contributed by atoms with Gasteiger partial charge in [0, 0.05) is 24.3 Å². The molecule has 1 saturated heterocycles. The number of hydrogen-bond acceptors (Lipinski definition) is 7. The van der Waals surface area contributed by atoms with Crippen molar-refractivity contribution in [3.05, 3.63) is 41.6 Å². The number of hydrogen-bond donors (Lipinski definition) is 4. The topological polar surface area (TPSA) is 134 Å². The predicted molar refractivity (Wildman–Crippen MR) is 120 cm³/mol. The maximum absolute atomic E-state index is 14.6. The summed E-state index contributed by atoms with van der Waals surface area (Å²) in [6.07, 6.45) is -0.395. The van der Waals surface area contributed by atoms with Crippen LogP contribution in [0, 0.1) is 0 Å². The van der Waals surface area contributed by atoms with E-state index in [4.69, 9.17) is 10.8 Å². The third-order valence-electron chi connectivity index (χ3n) is 5.55. The van der Waals surface area contributed by atoms with Crippen LogP contribution < -0.4 is 16.4 Å². The highest BCUT2D eigenvalue weighted by atomic mass is 19.1. The summed E-state index contributed by atoms with van der Waals surface area (Å²) in [7, 11) is 0. The molecule has 4 rings (SSSR count). The molecule has 10 nitrogen and oxygen atoms in total. The van der Waals surface area contributed by atoms with Crippen LogP contribution in [0.15, 0.2) is 30.5 Å². The molecule has 11 heteroatoms. The van der Waals surface area contributed by atoms with Crippen LogP contribution in [-0.2, 0) is 6.54 Å². The van der Waals surface area contributed by atoms with Crippen LogP contribution in [0.25, 0.3) is 5.65 Å². The molecule has 0 unspecified atom stereocenters. The molecule has 1 amide bonds. The first-order chi connectivity index (χ1) is 15.3. The molecule has 1 fully saturated rings. The number of likely N-dealkylation sites (tertiary alicyclic amines) is 1. The van der Waals surface area contributed by atoms with Crippen LogP contribution in [0.1, 0.15) is 37.3 Å². The maximum atomic E-state index is 14.6. The lowest BCUT2D eigenvalue weighted by atomic mass is 10.0. The number of halogens is 1. The van der Waals surface area contributed by atoms with E-state index in [2.05, 4.69) is 25.7 Å². The molecule has 0 bridgehead atoms. The van der Waals surface area contributed by atoms with E-state index in [9.17, 15) is 9.18 Å². The number of amides is 1. The average molecular weight is 442 g/mol. The van der Waals surface area contributed by atoms with Crippen LogP contribution in [0.3, 0.4) is 0 Å². The number of nitrogens with two attached hydrogens (primary N) is 1. The Bertz CT molecular complexity index is 1120. The van der Waals surface area contributed by atoms with Crippen molar-refractivity contribution in [3.63, 3.8) is 0 Å². The molecule has 2 aromatic heterocycles. The zero-order chi connectivity index (χ0) is 22.8. The largest absolute Gasteiger partial charge is 0.465 e. The molecule has 2 atom stereocenters. The molecule has 1 aromatic carbocycles. The first-order valence-electron chi connectivity index (χ1n) is 10.5. The third-order valence-corrected chi connectivity index (χ3v) is 5.55. The van der Waals surface area contributed by atoms with Gasteiger partial charge in [-0.25, -0.2) is 9.18 Å². The first-order valence-corrected chi connectivity index (χ1v) is 10.5. The van der Waals surface area contributed by atoms with Crippen LogP contribution in [0.4, 0.5) is 26.8 Å². The molecule has 5 N–H and O–H groups in total. The minimum atomic E-state index is -1.36. The van der Waals surface area contributed by atoms with Crippen LogP contribution in [0.2, 0.25) is 0 Å². The quantitative estimate of drug-likeness (QED) is 0.428. The summed E-state index contributed by atoms with van der Waals surface area (Å²) < 4.78 is 16.3. The molecule has 3 heterocycles. The van der Waals surface area contributed by atoms with E-state index in [0.29, 0.717) is 30.2 Å². The molecule has 0 aliphatic carbocycles. The molecule has 0 spiro atoms. The Balaban J connectivity index is 1.61. The molecule has 170 valence electrons. The number of carbonyl (C=O) groups is 1. The number of carboxylic acid groups (broad SMARTS) is 1. The van der Waals surface area contributed by atoms with Crippen LogP contribution >= 0.6 is 0 Å². The van der Waals surface area contributed by atoms with Gasteiger partial charge in [0.15, 0.2) is 5.65 Å². The van der Waals surface area contributed by atoms with E-state index in [1.165, 1.54) is 0 Å². The number of aromatic nitrogens is 4. The van der Waals surface area contributed by atoms with Crippen molar-refractivity contribution in [1.82, 2.24) is 24.5 Å². The van der Waals surface area contributed by atoms with Gasteiger partial charge in [0.25, 0.3) is 0 Å². The highest BCUT2D eigenvalue weighted by molar-refractivity contribution is 5.65. The summed E-state index contributed by atoms with van der Waals surface area (Å²) in [6.45, 7) is 4.63. The molecular weight excluding hydrogens is 415 g/mol. The highest BCUT2D eigenvalue weighted by Gasteiger charge is 2.32. The SMILES string of the molecule is CC(C)c1cnn2c(NCc3cccc(N)c3)nc(N[C@@H]3CCN(C(=O)O)C[C@H]3F)nc12. The fourth-order valence-electron chi connectivity index (χ4n) is 3.77. The Labute approximate surface area is 184 Å². The number of benzene rings is 1. The fraction of sp³-hybridized carbons (Fsp3) is 0.429. The second-order valence-electron chi connectivity index (χ2n) is 8.24.